The molecular formula is C24H30FN7O3. The van der Waals surface area contributed by atoms with Crippen LogP contribution in [-0.4, -0.2) is 70.1 Å². The molecule has 4 heterocycles. The van der Waals surface area contributed by atoms with Gasteiger partial charge in [-0.05, 0) is 33.8 Å². The molecule has 0 saturated carbocycles. The molecule has 0 radical (unpaired) electrons. The van der Waals surface area contributed by atoms with Crippen molar-refractivity contribution in [1.29, 1.82) is 0 Å². The minimum atomic E-state index is -0.529. The van der Waals surface area contributed by atoms with Crippen molar-refractivity contribution in [2.45, 2.75) is 33.3 Å². The number of aliphatic imine (C=N–C) groups is 1. The molecule has 0 atom stereocenters. The van der Waals surface area contributed by atoms with Crippen molar-refractivity contribution in [3.63, 3.8) is 0 Å². The van der Waals surface area contributed by atoms with Crippen LogP contribution in [0.4, 0.5) is 20.7 Å². The van der Waals surface area contributed by atoms with E-state index in [9.17, 15) is 9.18 Å². The number of hydrogen-bond donors (Lipinski definition) is 1. The monoisotopic (exact) mass is 483 g/mol. The highest BCUT2D eigenvalue weighted by Gasteiger charge is 2.26. The summed E-state index contributed by atoms with van der Waals surface area (Å²) < 4.78 is 27.0. The van der Waals surface area contributed by atoms with Gasteiger partial charge >= 0.3 is 6.09 Å². The van der Waals surface area contributed by atoms with Crippen LogP contribution in [0.15, 0.2) is 35.7 Å². The first-order valence-electron chi connectivity index (χ1n) is 11.3. The molecule has 11 heteroatoms. The predicted molar refractivity (Wildman–Crippen MR) is 131 cm³/mol. The normalized spacial score (nSPS) is 15.0. The fourth-order valence-electron chi connectivity index (χ4n) is 3.81. The summed E-state index contributed by atoms with van der Waals surface area (Å²) in [7, 11) is 1.52. The zero-order chi connectivity index (χ0) is 25.3. The van der Waals surface area contributed by atoms with Gasteiger partial charge in [-0.15, -0.1) is 0 Å². The number of halogens is 1. The largest absolute Gasteiger partial charge is 0.493 e. The fourth-order valence-corrected chi connectivity index (χ4v) is 3.81. The molecule has 1 saturated heterocycles. The summed E-state index contributed by atoms with van der Waals surface area (Å²) in [6.45, 7) is 9.65. The van der Waals surface area contributed by atoms with Gasteiger partial charge < -0.3 is 29.4 Å². The summed E-state index contributed by atoms with van der Waals surface area (Å²) >= 11 is 0. The second kappa shape index (κ2) is 9.40. The second-order valence-corrected chi connectivity index (χ2v) is 9.36. The van der Waals surface area contributed by atoms with Crippen molar-refractivity contribution < 1.29 is 18.7 Å². The molecule has 1 amide bonds. The molecule has 186 valence electrons. The van der Waals surface area contributed by atoms with E-state index in [2.05, 4.69) is 19.9 Å². The predicted octanol–water partition coefficient (Wildman–Crippen LogP) is 3.28. The van der Waals surface area contributed by atoms with Crippen LogP contribution >= 0.6 is 0 Å². The van der Waals surface area contributed by atoms with Gasteiger partial charge in [-0.2, -0.15) is 0 Å². The van der Waals surface area contributed by atoms with Crippen molar-refractivity contribution >= 4 is 29.1 Å². The Hall–Kier alpha value is -3.89. The number of nitrogens with two attached hydrogens (primary N) is 1. The van der Waals surface area contributed by atoms with E-state index in [4.69, 9.17) is 15.2 Å². The number of amidine groups is 1. The van der Waals surface area contributed by atoms with E-state index in [0.717, 1.165) is 5.69 Å². The minimum absolute atomic E-state index is 0.0988. The SMILES string of the molecule is COc1cc(N2CCN(C(=O)OC(C)(C)C)CC2)cnc1/N=C(\N)c1cc(F)c2nc(C)cn2c1. The number of anilines is 1. The summed E-state index contributed by atoms with van der Waals surface area (Å²) in [4.78, 5) is 29.1. The Balaban J connectivity index is 1.50. The van der Waals surface area contributed by atoms with Gasteiger partial charge in [-0.1, -0.05) is 0 Å². The molecule has 10 nitrogen and oxygen atoms in total. The first kappa shape index (κ1) is 24.2. The number of methoxy groups -OCH3 is 1. The number of rotatable bonds is 4. The summed E-state index contributed by atoms with van der Waals surface area (Å²) in [5.41, 5.74) is 7.81. The maximum atomic E-state index is 14.4. The lowest BCUT2D eigenvalue weighted by molar-refractivity contribution is 0.0240. The van der Waals surface area contributed by atoms with Gasteiger partial charge in [-0.25, -0.2) is 24.1 Å². The lowest BCUT2D eigenvalue weighted by Crippen LogP contribution is -2.50. The third-order valence-corrected chi connectivity index (χ3v) is 5.48. The molecule has 3 aromatic rings. The zero-order valence-electron chi connectivity index (χ0n) is 20.6. The lowest BCUT2D eigenvalue weighted by atomic mass is 10.2. The Labute approximate surface area is 203 Å². The standard InChI is InChI=1S/C24H30FN7O3/c1-15-13-32-14-16(10-18(25)22(32)28-15)20(26)29-21-19(34-5)11-17(12-27-21)30-6-8-31(9-7-30)23(33)35-24(2,3)4/h10-14H,6-9H2,1-5H3,(H2,26,27,29). The number of aryl methyl sites for hydroxylation is 1. The van der Waals surface area contributed by atoms with E-state index in [0.29, 0.717) is 43.2 Å². The Bertz CT molecular complexity index is 1270. The maximum absolute atomic E-state index is 14.4. The number of carbonyl (C=O) groups is 1. The number of amides is 1. The van der Waals surface area contributed by atoms with E-state index in [1.54, 1.807) is 34.8 Å². The topological polar surface area (TPSA) is 111 Å². The quantitative estimate of drug-likeness (QED) is 0.448. The summed E-state index contributed by atoms with van der Waals surface area (Å²) in [6, 6.07) is 3.12. The third kappa shape index (κ3) is 5.44. The number of pyridine rings is 2. The number of piperazine rings is 1. The molecule has 0 spiro atoms. The number of hydrogen-bond acceptors (Lipinski definition) is 7. The van der Waals surface area contributed by atoms with Gasteiger partial charge in [-0.3, -0.25) is 0 Å². The molecule has 4 rings (SSSR count). The smallest absolute Gasteiger partial charge is 0.410 e. The Morgan fingerprint density at radius 3 is 2.54 bits per heavy atom. The van der Waals surface area contributed by atoms with Gasteiger partial charge in [0.25, 0.3) is 0 Å². The molecule has 1 aliphatic rings. The van der Waals surface area contributed by atoms with Crippen LogP contribution in [0.1, 0.15) is 32.0 Å². The summed E-state index contributed by atoms with van der Waals surface area (Å²) in [5.74, 6) is 0.319. The van der Waals surface area contributed by atoms with Crippen molar-refractivity contribution in [3.05, 3.63) is 47.8 Å². The molecule has 0 bridgehead atoms. The van der Waals surface area contributed by atoms with Gasteiger partial charge in [0.15, 0.2) is 23.0 Å². The van der Waals surface area contributed by atoms with Crippen LogP contribution in [0.25, 0.3) is 5.65 Å². The number of aromatic nitrogens is 3. The van der Waals surface area contributed by atoms with Gasteiger partial charge in [0.2, 0.25) is 0 Å². The van der Waals surface area contributed by atoms with Crippen LogP contribution in [-0.2, 0) is 4.74 Å². The number of fused-ring (bicyclic) bond motifs is 1. The van der Waals surface area contributed by atoms with E-state index in [1.165, 1.54) is 13.2 Å². The molecule has 0 aliphatic carbocycles. The molecule has 1 aliphatic heterocycles. The van der Waals surface area contributed by atoms with E-state index in [-0.39, 0.29) is 23.4 Å². The van der Waals surface area contributed by atoms with Gasteiger partial charge in [0.05, 0.1) is 24.7 Å². The third-order valence-electron chi connectivity index (χ3n) is 5.48. The van der Waals surface area contributed by atoms with Crippen LogP contribution in [0.5, 0.6) is 5.75 Å². The average molecular weight is 484 g/mol. The number of imidazole rings is 1. The maximum Gasteiger partial charge on any atom is 0.410 e. The lowest BCUT2D eigenvalue weighted by Gasteiger charge is -2.36. The Morgan fingerprint density at radius 2 is 1.89 bits per heavy atom. The van der Waals surface area contributed by atoms with E-state index in [1.807, 2.05) is 26.8 Å². The first-order chi connectivity index (χ1) is 16.5. The molecule has 0 unspecified atom stereocenters. The van der Waals surface area contributed by atoms with Crippen LogP contribution < -0.4 is 15.4 Å². The second-order valence-electron chi connectivity index (χ2n) is 9.36. The highest BCUT2D eigenvalue weighted by atomic mass is 19.1. The molecule has 35 heavy (non-hydrogen) atoms. The molecule has 0 aromatic carbocycles. The van der Waals surface area contributed by atoms with Crippen LogP contribution in [0.2, 0.25) is 0 Å². The van der Waals surface area contributed by atoms with Crippen molar-refractivity contribution in [2.24, 2.45) is 10.7 Å². The molecule has 1 fully saturated rings. The summed E-state index contributed by atoms with van der Waals surface area (Å²) in [5, 5.41) is 0. The van der Waals surface area contributed by atoms with Gasteiger partial charge in [0, 0.05) is 50.2 Å². The number of nitrogens with zero attached hydrogens (tertiary/aromatic N) is 6. The first-order valence-corrected chi connectivity index (χ1v) is 11.3. The van der Waals surface area contributed by atoms with Crippen molar-refractivity contribution in [3.8, 4) is 5.75 Å². The zero-order valence-corrected chi connectivity index (χ0v) is 20.6. The minimum Gasteiger partial charge on any atom is -0.493 e. The highest BCUT2D eigenvalue weighted by Crippen LogP contribution is 2.30. The average Bonchev–Trinajstić information content (AvgIpc) is 3.19. The fraction of sp³-hybridized carbons (Fsp3) is 0.417. The molecular weight excluding hydrogens is 453 g/mol. The van der Waals surface area contributed by atoms with Crippen LogP contribution in [0.3, 0.4) is 0 Å². The van der Waals surface area contributed by atoms with E-state index < -0.39 is 11.4 Å². The highest BCUT2D eigenvalue weighted by molar-refractivity contribution is 5.99. The number of carbonyl (C=O) groups excluding carboxylic acids is 1. The number of ether oxygens (including phenoxy) is 2. The van der Waals surface area contributed by atoms with Crippen molar-refractivity contribution in [1.82, 2.24) is 19.3 Å². The molecule has 2 N–H and O–H groups in total. The van der Waals surface area contributed by atoms with Gasteiger partial charge in [0.1, 0.15) is 11.4 Å². The van der Waals surface area contributed by atoms with Crippen LogP contribution in [0, 0.1) is 12.7 Å². The summed E-state index contributed by atoms with van der Waals surface area (Å²) in [6.07, 6.45) is 4.75. The van der Waals surface area contributed by atoms with E-state index >= 15 is 0 Å². The molecule has 3 aromatic heterocycles. The van der Waals surface area contributed by atoms with Crippen molar-refractivity contribution in [2.75, 3.05) is 38.2 Å². The Morgan fingerprint density at radius 1 is 1.17 bits per heavy atom. The Kier molecular flexibility index (Phi) is 6.51.